The van der Waals surface area contributed by atoms with E-state index in [2.05, 4.69) is 31.9 Å². The number of aliphatic hydroxyl groups is 1. The molecular formula is C17H17Br2NO5S2. The normalized spacial score (nSPS) is 22.2. The lowest BCUT2D eigenvalue weighted by Gasteiger charge is -2.30. The van der Waals surface area contributed by atoms with Gasteiger partial charge in [0.2, 0.25) is 10.0 Å². The Kier molecular flexibility index (Phi) is 6.14. The van der Waals surface area contributed by atoms with E-state index in [-0.39, 0.29) is 11.4 Å². The molecule has 1 fully saturated rings. The lowest BCUT2D eigenvalue weighted by atomic mass is 10.2. The minimum Gasteiger partial charge on any atom is -0.390 e. The lowest BCUT2D eigenvalue weighted by Crippen LogP contribution is -2.46. The highest BCUT2D eigenvalue weighted by atomic mass is 79.9. The van der Waals surface area contributed by atoms with Gasteiger partial charge in [-0.05, 0) is 39.7 Å². The molecule has 10 heteroatoms. The van der Waals surface area contributed by atoms with Gasteiger partial charge in [0.1, 0.15) is 0 Å². The second-order valence-electron chi connectivity index (χ2n) is 6.32. The van der Waals surface area contributed by atoms with E-state index in [0.29, 0.717) is 14.5 Å². The summed E-state index contributed by atoms with van der Waals surface area (Å²) in [6.45, 7) is -0.0423. The molecule has 1 aliphatic heterocycles. The van der Waals surface area contributed by atoms with Gasteiger partial charge in [-0.15, -0.1) is 0 Å². The van der Waals surface area contributed by atoms with Crippen molar-refractivity contribution in [3.05, 3.63) is 63.0 Å². The highest BCUT2D eigenvalue weighted by Gasteiger charge is 2.45. The van der Waals surface area contributed by atoms with Crippen LogP contribution in [-0.2, 0) is 26.4 Å². The third kappa shape index (κ3) is 4.63. The van der Waals surface area contributed by atoms with E-state index < -0.39 is 43.5 Å². The zero-order chi connectivity index (χ0) is 19.8. The molecular weight excluding hydrogens is 522 g/mol. The van der Waals surface area contributed by atoms with Crippen molar-refractivity contribution in [1.29, 1.82) is 0 Å². The molecule has 3 rings (SSSR count). The van der Waals surface area contributed by atoms with E-state index >= 15 is 0 Å². The molecule has 1 aliphatic rings. The number of halogens is 2. The summed E-state index contributed by atoms with van der Waals surface area (Å²) in [6.07, 6.45) is -1.28. The highest BCUT2D eigenvalue weighted by molar-refractivity contribution is 9.11. The van der Waals surface area contributed by atoms with Crippen molar-refractivity contribution < 1.29 is 21.9 Å². The Morgan fingerprint density at radius 2 is 1.74 bits per heavy atom. The minimum absolute atomic E-state index is 0.00399. The van der Waals surface area contributed by atoms with Crippen LogP contribution >= 0.6 is 31.9 Å². The maximum Gasteiger partial charge on any atom is 0.244 e. The Hall–Kier alpha value is -0.780. The van der Waals surface area contributed by atoms with Crippen LogP contribution < -0.4 is 0 Å². The molecule has 6 nitrogen and oxygen atoms in total. The van der Waals surface area contributed by atoms with E-state index in [0.717, 1.165) is 4.31 Å². The first kappa shape index (κ1) is 20.9. The van der Waals surface area contributed by atoms with Crippen molar-refractivity contribution in [3.63, 3.8) is 0 Å². The van der Waals surface area contributed by atoms with Gasteiger partial charge in [0.15, 0.2) is 9.84 Å². The minimum atomic E-state index is -4.09. The molecule has 0 bridgehead atoms. The maximum atomic E-state index is 13.4. The first-order chi connectivity index (χ1) is 12.6. The fourth-order valence-corrected chi connectivity index (χ4v) is 8.03. The molecule has 0 saturated carbocycles. The lowest BCUT2D eigenvalue weighted by molar-refractivity contribution is 0.125. The number of hydrogen-bond donors (Lipinski definition) is 1. The van der Waals surface area contributed by atoms with Crippen molar-refractivity contribution >= 4 is 51.7 Å². The molecule has 0 spiro atoms. The number of benzene rings is 2. The number of aliphatic hydroxyl groups excluding tert-OH is 1. The molecule has 2 aromatic rings. The van der Waals surface area contributed by atoms with E-state index in [1.807, 2.05) is 6.07 Å². The zero-order valence-corrected chi connectivity index (χ0v) is 18.8. The van der Waals surface area contributed by atoms with Crippen molar-refractivity contribution in [2.45, 2.75) is 23.6 Å². The highest BCUT2D eigenvalue weighted by Crippen LogP contribution is 2.32. The van der Waals surface area contributed by atoms with Gasteiger partial charge in [-0.2, -0.15) is 4.31 Å². The number of hydrogen-bond acceptors (Lipinski definition) is 5. The van der Waals surface area contributed by atoms with Gasteiger partial charge in [0.05, 0.1) is 28.5 Å². The van der Waals surface area contributed by atoms with Gasteiger partial charge in [0.25, 0.3) is 0 Å². The molecule has 0 aliphatic carbocycles. The van der Waals surface area contributed by atoms with E-state index in [9.17, 15) is 21.9 Å². The predicted octanol–water partition coefficient (Wildman–Crippen LogP) is 2.56. The van der Waals surface area contributed by atoms with Crippen LogP contribution in [0.3, 0.4) is 0 Å². The molecule has 27 heavy (non-hydrogen) atoms. The summed E-state index contributed by atoms with van der Waals surface area (Å²) in [5.41, 5.74) is 0.698. The molecule has 0 aromatic heterocycles. The fraction of sp³-hybridized carbons (Fsp3) is 0.294. The van der Waals surface area contributed by atoms with E-state index in [4.69, 9.17) is 0 Å². The molecule has 0 radical (unpaired) electrons. The van der Waals surface area contributed by atoms with Crippen LogP contribution in [0.4, 0.5) is 0 Å². The molecule has 146 valence electrons. The number of sulfone groups is 1. The molecule has 0 unspecified atom stereocenters. The van der Waals surface area contributed by atoms with E-state index in [1.165, 1.54) is 6.07 Å². The van der Waals surface area contributed by atoms with Crippen molar-refractivity contribution in [1.82, 2.24) is 4.31 Å². The Morgan fingerprint density at radius 3 is 2.33 bits per heavy atom. The third-order valence-electron chi connectivity index (χ3n) is 4.32. The largest absolute Gasteiger partial charge is 0.390 e. The Labute approximate surface area is 175 Å². The van der Waals surface area contributed by atoms with Crippen LogP contribution in [0.1, 0.15) is 5.56 Å². The maximum absolute atomic E-state index is 13.4. The van der Waals surface area contributed by atoms with Crippen LogP contribution in [0.2, 0.25) is 0 Å². The molecule has 1 N–H and O–H groups in total. The smallest absolute Gasteiger partial charge is 0.244 e. The van der Waals surface area contributed by atoms with Gasteiger partial charge >= 0.3 is 0 Å². The van der Waals surface area contributed by atoms with Gasteiger partial charge in [-0.1, -0.05) is 46.3 Å². The third-order valence-corrected chi connectivity index (χ3v) is 9.38. The van der Waals surface area contributed by atoms with Gasteiger partial charge < -0.3 is 5.11 Å². The summed E-state index contributed by atoms with van der Waals surface area (Å²) in [7, 11) is -7.61. The fourth-order valence-electron chi connectivity index (χ4n) is 3.03. The Morgan fingerprint density at radius 1 is 1.07 bits per heavy atom. The Bertz CT molecular complexity index is 1040. The average Bonchev–Trinajstić information content (AvgIpc) is 2.87. The monoisotopic (exact) mass is 537 g/mol. The second-order valence-corrected chi connectivity index (χ2v) is 12.1. The predicted molar refractivity (Wildman–Crippen MR) is 109 cm³/mol. The summed E-state index contributed by atoms with van der Waals surface area (Å²) >= 11 is 6.53. The quantitative estimate of drug-likeness (QED) is 0.631. The molecule has 2 aromatic carbocycles. The molecule has 1 saturated heterocycles. The summed E-state index contributed by atoms with van der Waals surface area (Å²) < 4.78 is 52.9. The summed E-state index contributed by atoms with van der Waals surface area (Å²) in [6, 6.07) is 12.6. The van der Waals surface area contributed by atoms with Crippen molar-refractivity contribution in [3.8, 4) is 0 Å². The van der Waals surface area contributed by atoms with Gasteiger partial charge in [-0.25, -0.2) is 16.8 Å². The summed E-state index contributed by atoms with van der Waals surface area (Å²) in [5, 5.41) is 10.3. The standard InChI is InChI=1S/C17H17Br2NO5S2/c18-13-6-7-14(19)17(8-13)27(24,25)20(9-12-4-2-1-3-5-12)15-10-26(22,23)11-16(15)21/h1-8,15-16,21H,9-11H2/t15-,16-/m0/s1. The SMILES string of the molecule is O=S1(=O)C[C@H](O)[C@@H](N(Cc2ccccc2)S(=O)(=O)c2cc(Br)ccc2Br)C1. The number of nitrogens with zero attached hydrogens (tertiary/aromatic N) is 1. The van der Waals surface area contributed by atoms with Crippen LogP contribution in [0.15, 0.2) is 62.4 Å². The topological polar surface area (TPSA) is 91.8 Å². The molecule has 1 heterocycles. The van der Waals surface area contributed by atoms with Gasteiger partial charge in [-0.3, -0.25) is 0 Å². The summed E-state index contributed by atoms with van der Waals surface area (Å²) in [4.78, 5) is 0.00399. The first-order valence-electron chi connectivity index (χ1n) is 7.99. The van der Waals surface area contributed by atoms with Gasteiger partial charge in [0, 0.05) is 15.5 Å². The van der Waals surface area contributed by atoms with Crippen LogP contribution in [0, 0.1) is 0 Å². The van der Waals surface area contributed by atoms with E-state index in [1.54, 1.807) is 36.4 Å². The van der Waals surface area contributed by atoms with Crippen molar-refractivity contribution in [2.75, 3.05) is 11.5 Å². The van der Waals surface area contributed by atoms with Crippen LogP contribution in [-0.4, -0.2) is 49.9 Å². The Balaban J connectivity index is 2.10. The van der Waals surface area contributed by atoms with Crippen LogP contribution in [0.25, 0.3) is 0 Å². The second kappa shape index (κ2) is 7.92. The molecule has 2 atom stereocenters. The average molecular weight is 539 g/mol. The van der Waals surface area contributed by atoms with Crippen molar-refractivity contribution in [2.24, 2.45) is 0 Å². The zero-order valence-electron chi connectivity index (χ0n) is 14.0. The van der Waals surface area contributed by atoms with Crippen LogP contribution in [0.5, 0.6) is 0 Å². The first-order valence-corrected chi connectivity index (χ1v) is 12.8. The molecule has 0 amide bonds. The summed E-state index contributed by atoms with van der Waals surface area (Å²) in [5.74, 6) is -0.857. The number of sulfonamides is 1. The number of rotatable bonds is 5.